The summed E-state index contributed by atoms with van der Waals surface area (Å²) < 4.78 is 28.7. The van der Waals surface area contributed by atoms with Crippen LogP contribution in [0, 0.1) is 0 Å². The number of fused-ring (bicyclic) bond motifs is 20. The van der Waals surface area contributed by atoms with Crippen LogP contribution < -0.4 is 19.6 Å². The lowest BCUT2D eigenvalue weighted by Gasteiger charge is -2.29. The third-order valence-corrected chi connectivity index (χ3v) is 29.5. The monoisotopic (exact) mass is 1800 g/mol. The maximum atomic E-state index is 7.19. The van der Waals surface area contributed by atoms with Gasteiger partial charge in [0.15, 0.2) is 22.3 Å². The van der Waals surface area contributed by atoms with Crippen molar-refractivity contribution in [1.82, 2.24) is 0 Å². The summed E-state index contributed by atoms with van der Waals surface area (Å²) in [5, 5.41) is 33.4. The van der Waals surface area contributed by atoms with Gasteiger partial charge in [-0.15, -0.1) is 0 Å². The molecule has 0 aliphatic heterocycles. The van der Waals surface area contributed by atoms with Gasteiger partial charge in [-0.3, -0.25) is 0 Å². The van der Waals surface area contributed by atoms with Gasteiger partial charge in [0.25, 0.3) is 0 Å². The molecule has 668 valence electrons. The number of benzene rings is 24. The third-order valence-electron chi connectivity index (χ3n) is 29.5. The Bertz CT molecular complexity index is 9540. The zero-order chi connectivity index (χ0) is 93.1. The van der Waals surface area contributed by atoms with Crippen LogP contribution >= 0.6 is 0 Å². The Balaban J connectivity index is 0.000000141. The number of hydrogen-bond acceptors (Lipinski definition) is 8. The van der Waals surface area contributed by atoms with Crippen LogP contribution in [0.15, 0.2) is 430 Å². The molecule has 0 amide bonds. The van der Waals surface area contributed by atoms with E-state index in [-0.39, 0.29) is 5.92 Å². The van der Waals surface area contributed by atoms with E-state index in [2.05, 4.69) is 467 Å². The van der Waals surface area contributed by atoms with Crippen molar-refractivity contribution in [3.05, 3.63) is 435 Å². The number of rotatable bonds is 19. The Morgan fingerprint density at radius 3 is 0.671 bits per heavy atom. The summed E-state index contributed by atoms with van der Waals surface area (Å²) in [6.07, 6.45) is 5.94. The van der Waals surface area contributed by atoms with Gasteiger partial charge in [0.2, 0.25) is 0 Å². The molecule has 28 rings (SSSR count). The first-order valence-electron chi connectivity index (χ1n) is 49.5. The molecule has 0 unspecified atom stereocenters. The first-order chi connectivity index (χ1) is 69.2. The number of hydrogen-bond donors (Lipinski definition) is 0. The van der Waals surface area contributed by atoms with E-state index in [1.54, 1.807) is 0 Å². The average molecular weight is 1800 g/mol. The zero-order valence-corrected chi connectivity index (χ0v) is 78.5. The van der Waals surface area contributed by atoms with Crippen molar-refractivity contribution in [2.24, 2.45) is 0 Å². The van der Waals surface area contributed by atoms with Crippen LogP contribution in [0.25, 0.3) is 195 Å². The van der Waals surface area contributed by atoms with Crippen molar-refractivity contribution in [3.8, 4) is 0 Å². The fraction of sp³-hybridized carbons (Fsp3) is 0.0909. The van der Waals surface area contributed by atoms with Crippen LogP contribution in [0.1, 0.15) is 82.1 Å². The van der Waals surface area contributed by atoms with Gasteiger partial charge in [-0.2, -0.15) is 0 Å². The molecule has 8 heteroatoms. The molecule has 28 aromatic rings. The van der Waals surface area contributed by atoms with Gasteiger partial charge in [-0.25, -0.2) is 0 Å². The molecule has 24 aromatic carbocycles. The second kappa shape index (κ2) is 33.1. The van der Waals surface area contributed by atoms with Crippen LogP contribution in [-0.2, 0) is 19.3 Å². The number of anilines is 12. The predicted octanol–water partition coefficient (Wildman–Crippen LogP) is 39.2. The van der Waals surface area contributed by atoms with Crippen LogP contribution in [-0.4, -0.2) is 0 Å². The number of nitrogens with zero attached hydrogens (tertiary/aromatic N) is 4. The van der Waals surface area contributed by atoms with E-state index >= 15 is 0 Å². The zero-order valence-electron chi connectivity index (χ0n) is 78.5. The molecule has 4 heterocycles. The maximum Gasteiger partial charge on any atom is 0.159 e. The van der Waals surface area contributed by atoms with Crippen molar-refractivity contribution in [3.63, 3.8) is 0 Å². The number of para-hydroxylation sites is 8. The Hall–Kier alpha value is -17.2. The Morgan fingerprint density at radius 2 is 0.407 bits per heavy atom. The minimum Gasteiger partial charge on any atom is -0.454 e. The van der Waals surface area contributed by atoms with Gasteiger partial charge in [-0.05, 0) is 255 Å². The highest BCUT2D eigenvalue weighted by Gasteiger charge is 2.32. The molecular weight excluding hydrogens is 1710 g/mol. The van der Waals surface area contributed by atoms with E-state index in [4.69, 9.17) is 17.7 Å². The van der Waals surface area contributed by atoms with Gasteiger partial charge in [0.1, 0.15) is 22.3 Å². The summed E-state index contributed by atoms with van der Waals surface area (Å²) in [6, 6.07) is 151. The quantitative estimate of drug-likeness (QED) is 0.0742. The topological polar surface area (TPSA) is 65.5 Å². The Kier molecular flexibility index (Phi) is 19.4. The van der Waals surface area contributed by atoms with E-state index in [9.17, 15) is 0 Å². The molecule has 8 nitrogen and oxygen atoms in total. The minimum atomic E-state index is 0.284. The predicted molar refractivity (Wildman–Crippen MR) is 594 cm³/mol. The lowest BCUT2D eigenvalue weighted by atomic mass is 9.91. The third kappa shape index (κ3) is 12.8. The summed E-state index contributed by atoms with van der Waals surface area (Å²) in [7, 11) is 0. The smallest absolute Gasteiger partial charge is 0.159 e. The molecule has 0 saturated heterocycles. The van der Waals surface area contributed by atoms with E-state index in [0.29, 0.717) is 0 Å². The van der Waals surface area contributed by atoms with E-state index in [1.807, 2.05) is 0 Å². The molecule has 140 heavy (non-hydrogen) atoms. The normalized spacial score (nSPS) is 12.1. The molecule has 0 aliphatic carbocycles. The van der Waals surface area contributed by atoms with Crippen LogP contribution in [0.3, 0.4) is 0 Å². The first kappa shape index (κ1) is 82.3. The van der Waals surface area contributed by atoms with Gasteiger partial charge in [-0.1, -0.05) is 345 Å². The van der Waals surface area contributed by atoms with Crippen LogP contribution in [0.4, 0.5) is 68.2 Å². The summed E-state index contributed by atoms with van der Waals surface area (Å²) >= 11 is 0. The number of aryl methyl sites for hydroxylation is 3. The largest absolute Gasteiger partial charge is 0.454 e. The molecule has 0 fully saturated rings. The standard InChI is InChI=1S/2C66H48N2O2/c1-4-17-45-38-43-18-11-13-24-48(43)61-52-26-15-28-57(64(52)69-63(45)61)67(46-20-7-5-8-21-46)55-36-32-41-31-35-51-56(37-33-42-30-34-50(55)59(41)60(42)51)68(47-22-9-6-10-23-47)58-29-16-27-53-62-49-25-14-12-19-44(49)39-54(40(2)3)66(62)70-65(53)58;1-3-17-45-39-43-19-11-13-25-49(43)61-53-27-15-29-57(65(53)69-63(45)61)67(47-21-7-5-8-22-47)55-37-33-41-32-36-52-56(38-34-42-31-35-51(55)59(41)60(42)52)68(48-23-9-6-10-24-48)58-30-16-28-54-62-50-26-14-12-20-44(50)40-46(18-4-2)64(62)70-66(54)58/h5-16,18-40H,4,17H2,1-3H3;5-16,19-40H,3-4,17-18H2,1-2H3. The lowest BCUT2D eigenvalue weighted by molar-refractivity contribution is 0.657. The van der Waals surface area contributed by atoms with Gasteiger partial charge < -0.3 is 37.3 Å². The second-order valence-electron chi connectivity index (χ2n) is 38.1. The van der Waals surface area contributed by atoms with E-state index < -0.39 is 0 Å². The molecule has 0 atom stereocenters. The maximum absolute atomic E-state index is 7.19. The summed E-state index contributed by atoms with van der Waals surface area (Å²) in [4.78, 5) is 9.64. The lowest BCUT2D eigenvalue weighted by Crippen LogP contribution is -2.11. The molecule has 4 aromatic heterocycles. The Morgan fingerprint density at radius 1 is 0.179 bits per heavy atom. The molecule has 0 saturated carbocycles. The molecule has 0 aliphatic rings. The van der Waals surface area contributed by atoms with Crippen molar-refractivity contribution in [2.45, 2.75) is 79.1 Å². The molecule has 0 bridgehead atoms. The SMILES string of the molecule is CCCc1cc2ccccc2c2c1oc1c(N(c3ccccc3)c3ccc4ccc5c(N(c6ccccc6)c6cccc7c6oc6c(C(C)C)cc8ccccc8c67)ccc6ccc3c4c65)cccc12.CCCc1cc2ccccc2c2c1oc1c(N(c3ccccc3)c3ccc4ccc5c(N(c6ccccc6)c6cccc7c6oc6c(CCC)cc8ccccc8c67)ccc6ccc3c4c65)cccc12. The molecular formula is C132H96N4O4. The van der Waals surface area contributed by atoms with Gasteiger partial charge in [0, 0.05) is 87.4 Å². The number of furan rings is 4. The average Bonchev–Trinajstić information content (AvgIpc) is 0.848. The van der Waals surface area contributed by atoms with Gasteiger partial charge in [0.05, 0.1) is 45.5 Å². The fourth-order valence-corrected chi connectivity index (χ4v) is 23.5. The highest BCUT2D eigenvalue weighted by molar-refractivity contribution is 6.33. The molecule has 0 spiro atoms. The summed E-state index contributed by atoms with van der Waals surface area (Å²) in [5.74, 6) is 0.284. The van der Waals surface area contributed by atoms with E-state index in [0.717, 1.165) is 173 Å². The summed E-state index contributed by atoms with van der Waals surface area (Å²) in [5.41, 5.74) is 25.0. The Labute approximate surface area is 809 Å². The summed E-state index contributed by atoms with van der Waals surface area (Å²) in [6.45, 7) is 11.2. The molecule has 0 radical (unpaired) electrons. The van der Waals surface area contributed by atoms with Crippen molar-refractivity contribution in [2.75, 3.05) is 19.6 Å². The first-order valence-corrected chi connectivity index (χ1v) is 49.5. The second-order valence-corrected chi connectivity index (χ2v) is 38.1. The molecule has 0 N–H and O–H groups in total. The highest BCUT2D eigenvalue weighted by atomic mass is 16.3. The highest BCUT2D eigenvalue weighted by Crippen LogP contribution is 2.57. The minimum absolute atomic E-state index is 0.284. The fourth-order valence-electron chi connectivity index (χ4n) is 23.5. The van der Waals surface area contributed by atoms with Crippen molar-refractivity contribution >= 4 is 264 Å². The van der Waals surface area contributed by atoms with Gasteiger partial charge >= 0.3 is 0 Å². The van der Waals surface area contributed by atoms with Crippen LogP contribution in [0.5, 0.6) is 0 Å². The van der Waals surface area contributed by atoms with Crippen molar-refractivity contribution < 1.29 is 17.7 Å². The van der Waals surface area contributed by atoms with Crippen LogP contribution in [0.2, 0.25) is 0 Å². The van der Waals surface area contributed by atoms with Crippen molar-refractivity contribution in [1.29, 1.82) is 0 Å². The van der Waals surface area contributed by atoms with E-state index in [1.165, 1.54) is 152 Å².